The maximum atomic E-state index is 11.2. The van der Waals surface area contributed by atoms with Gasteiger partial charge in [0.05, 0.1) is 10.6 Å². The molecule has 7 heteroatoms. The van der Waals surface area contributed by atoms with Crippen molar-refractivity contribution in [2.45, 2.75) is 34.6 Å². The van der Waals surface area contributed by atoms with E-state index in [-0.39, 0.29) is 11.5 Å². The summed E-state index contributed by atoms with van der Waals surface area (Å²) in [4.78, 5) is 15.2. The Morgan fingerprint density at radius 3 is 2.28 bits per heavy atom. The van der Waals surface area contributed by atoms with Crippen molar-refractivity contribution < 1.29 is 9.66 Å². The number of aromatic nitrogens is 1. The van der Waals surface area contributed by atoms with Gasteiger partial charge in [-0.05, 0) is 45.0 Å². The first-order valence-electron chi connectivity index (χ1n) is 9.18. The van der Waals surface area contributed by atoms with E-state index in [1.165, 1.54) is 6.07 Å². The summed E-state index contributed by atoms with van der Waals surface area (Å²) < 4.78 is 4.25. The molecule has 2 rings (SSSR count). The number of methoxy groups -OCH3 is 1. The molecule has 1 N–H and O–H groups in total. The largest absolute Gasteiger partial charge is 0.388 e. The number of nitrogens with zero attached hydrogens (tertiary/aromatic N) is 2. The number of ether oxygens (including phenoxy) is 1. The topological polar surface area (TPSA) is 77.3 Å². The first-order valence-corrected chi connectivity index (χ1v) is 9.56. The summed E-state index contributed by atoms with van der Waals surface area (Å²) in [6.45, 7) is 9.78. The van der Waals surface area contributed by atoms with Crippen molar-refractivity contribution in [1.82, 2.24) is 4.98 Å². The van der Waals surface area contributed by atoms with Crippen LogP contribution in [0.25, 0.3) is 11.3 Å². The Labute approximate surface area is 178 Å². The highest BCUT2D eigenvalue weighted by molar-refractivity contribution is 6.30. The van der Waals surface area contributed by atoms with Crippen molar-refractivity contribution in [3.63, 3.8) is 0 Å². The molecule has 158 valence electrons. The SMILES string of the molecule is CC.CC(C)=C/C=C(\C)Nc1nc(-c2cccc(Cl)c2)ccc1[N+](=O)[O-].COC. The maximum absolute atomic E-state index is 11.2. The molecule has 1 heterocycles. The molecule has 1 aromatic heterocycles. The number of hydrogen-bond acceptors (Lipinski definition) is 5. The summed E-state index contributed by atoms with van der Waals surface area (Å²) in [5.41, 5.74) is 3.22. The Morgan fingerprint density at radius 2 is 1.76 bits per heavy atom. The molecule has 0 unspecified atom stereocenters. The van der Waals surface area contributed by atoms with Crippen molar-refractivity contribution in [3.8, 4) is 11.3 Å². The average Bonchev–Trinajstić information content (AvgIpc) is 2.68. The monoisotopic (exact) mass is 419 g/mol. The minimum atomic E-state index is -0.453. The Kier molecular flexibility index (Phi) is 13.0. The second-order valence-corrected chi connectivity index (χ2v) is 6.40. The lowest BCUT2D eigenvalue weighted by Crippen LogP contribution is -2.03. The molecule has 0 radical (unpaired) electrons. The van der Waals surface area contributed by atoms with Crippen LogP contribution in [-0.2, 0) is 4.74 Å². The fraction of sp³-hybridized carbons (Fsp3) is 0.318. The normalized spacial score (nSPS) is 10.0. The van der Waals surface area contributed by atoms with Crippen LogP contribution in [-0.4, -0.2) is 24.1 Å². The third-order valence-electron chi connectivity index (χ3n) is 3.17. The van der Waals surface area contributed by atoms with E-state index < -0.39 is 4.92 Å². The molecule has 0 atom stereocenters. The molecule has 0 spiro atoms. The molecule has 0 bridgehead atoms. The van der Waals surface area contributed by atoms with Crippen LogP contribution in [0.15, 0.2) is 59.8 Å². The molecular weight excluding hydrogens is 390 g/mol. The fourth-order valence-corrected chi connectivity index (χ4v) is 2.21. The van der Waals surface area contributed by atoms with Gasteiger partial charge in [0.1, 0.15) is 0 Å². The van der Waals surface area contributed by atoms with Crippen LogP contribution >= 0.6 is 11.6 Å². The number of allylic oxidation sites excluding steroid dienone is 4. The molecule has 0 fully saturated rings. The Hall–Kier alpha value is -2.70. The van der Waals surface area contributed by atoms with Gasteiger partial charge in [-0.1, -0.05) is 49.2 Å². The highest BCUT2D eigenvalue weighted by atomic mass is 35.5. The second kappa shape index (κ2) is 14.3. The van der Waals surface area contributed by atoms with Gasteiger partial charge in [-0.25, -0.2) is 4.98 Å². The number of anilines is 1. The third kappa shape index (κ3) is 9.87. The lowest BCUT2D eigenvalue weighted by molar-refractivity contribution is -0.384. The van der Waals surface area contributed by atoms with E-state index in [4.69, 9.17) is 11.6 Å². The number of rotatable bonds is 5. The minimum Gasteiger partial charge on any atom is -0.388 e. The maximum Gasteiger partial charge on any atom is 0.311 e. The quantitative estimate of drug-likeness (QED) is 0.324. The zero-order valence-electron chi connectivity index (χ0n) is 18.1. The zero-order valence-corrected chi connectivity index (χ0v) is 18.9. The Bertz CT molecular complexity index is 845. The van der Waals surface area contributed by atoms with Gasteiger partial charge in [-0.3, -0.25) is 10.1 Å². The Morgan fingerprint density at radius 1 is 1.14 bits per heavy atom. The number of nitro groups is 1. The van der Waals surface area contributed by atoms with Crippen molar-refractivity contribution in [3.05, 3.63) is 75.0 Å². The molecule has 29 heavy (non-hydrogen) atoms. The number of hydrogen-bond donors (Lipinski definition) is 1. The summed E-state index contributed by atoms with van der Waals surface area (Å²) in [6, 6.07) is 10.3. The van der Waals surface area contributed by atoms with Crippen LogP contribution in [0, 0.1) is 10.1 Å². The highest BCUT2D eigenvalue weighted by Crippen LogP contribution is 2.28. The van der Waals surface area contributed by atoms with Crippen LogP contribution in [0.5, 0.6) is 0 Å². The van der Waals surface area contributed by atoms with Crippen LogP contribution < -0.4 is 5.32 Å². The third-order valence-corrected chi connectivity index (χ3v) is 3.41. The van der Waals surface area contributed by atoms with Gasteiger partial charge in [0.15, 0.2) is 0 Å². The van der Waals surface area contributed by atoms with Gasteiger partial charge in [-0.15, -0.1) is 0 Å². The van der Waals surface area contributed by atoms with Crippen LogP contribution in [0.2, 0.25) is 5.02 Å². The smallest absolute Gasteiger partial charge is 0.311 e. The standard InChI is InChI=1S/C18H18ClN3O2.C2H6O.C2H6/c1-12(2)7-8-13(3)20-18-17(22(23)24)10-9-16(21-18)14-5-4-6-15(19)11-14;1-3-2;1-2/h4-11H,1-3H3,(H,20,21);1-2H3;1-2H3/b13-8+;;. The summed E-state index contributed by atoms with van der Waals surface area (Å²) >= 11 is 6.00. The molecule has 0 amide bonds. The average molecular weight is 420 g/mol. The van der Waals surface area contributed by atoms with Gasteiger partial charge in [0.2, 0.25) is 5.82 Å². The highest BCUT2D eigenvalue weighted by Gasteiger charge is 2.16. The molecule has 0 aliphatic rings. The number of pyridine rings is 1. The summed E-state index contributed by atoms with van der Waals surface area (Å²) in [7, 11) is 3.25. The molecule has 0 aliphatic carbocycles. The lowest BCUT2D eigenvalue weighted by atomic mass is 10.1. The van der Waals surface area contributed by atoms with Crippen LogP contribution in [0.3, 0.4) is 0 Å². The summed E-state index contributed by atoms with van der Waals surface area (Å²) in [6.07, 6.45) is 3.78. The fourth-order valence-electron chi connectivity index (χ4n) is 2.02. The molecule has 0 saturated heterocycles. The number of halogens is 1. The van der Waals surface area contributed by atoms with Gasteiger partial charge in [0, 0.05) is 36.6 Å². The van der Waals surface area contributed by atoms with E-state index >= 15 is 0 Å². The van der Waals surface area contributed by atoms with Crippen molar-refractivity contribution in [2.75, 3.05) is 19.5 Å². The molecular formula is C22H30ClN3O3. The Balaban J connectivity index is 0.00000143. The van der Waals surface area contributed by atoms with E-state index in [2.05, 4.69) is 15.0 Å². The predicted molar refractivity (Wildman–Crippen MR) is 122 cm³/mol. The van der Waals surface area contributed by atoms with Gasteiger partial charge in [0.25, 0.3) is 0 Å². The molecule has 2 aromatic rings. The van der Waals surface area contributed by atoms with E-state index in [0.29, 0.717) is 10.7 Å². The number of nitrogens with one attached hydrogen (secondary N) is 1. The van der Waals surface area contributed by atoms with E-state index in [1.54, 1.807) is 32.4 Å². The van der Waals surface area contributed by atoms with Crippen molar-refractivity contribution >= 4 is 23.1 Å². The second-order valence-electron chi connectivity index (χ2n) is 5.96. The lowest BCUT2D eigenvalue weighted by Gasteiger charge is -2.09. The first-order chi connectivity index (χ1) is 13.8. The van der Waals surface area contributed by atoms with E-state index in [0.717, 1.165) is 16.8 Å². The van der Waals surface area contributed by atoms with Gasteiger partial charge in [-0.2, -0.15) is 0 Å². The minimum absolute atomic E-state index is 0.0780. The van der Waals surface area contributed by atoms with Crippen molar-refractivity contribution in [2.24, 2.45) is 0 Å². The molecule has 6 nitrogen and oxygen atoms in total. The summed E-state index contributed by atoms with van der Waals surface area (Å²) in [5.74, 6) is 0.202. The summed E-state index contributed by atoms with van der Waals surface area (Å²) in [5, 5.41) is 14.8. The van der Waals surface area contributed by atoms with Crippen molar-refractivity contribution in [1.29, 1.82) is 0 Å². The predicted octanol–water partition coefficient (Wildman–Crippen LogP) is 6.88. The van der Waals surface area contributed by atoms with Crippen LogP contribution in [0.1, 0.15) is 34.6 Å². The zero-order chi connectivity index (χ0) is 22.4. The molecule has 0 aliphatic heterocycles. The first kappa shape index (κ1) is 26.3. The van der Waals surface area contributed by atoms with E-state index in [9.17, 15) is 10.1 Å². The van der Waals surface area contributed by atoms with Gasteiger partial charge < -0.3 is 10.1 Å². The van der Waals surface area contributed by atoms with Crippen LogP contribution in [0.4, 0.5) is 11.5 Å². The van der Waals surface area contributed by atoms with E-state index in [1.807, 2.05) is 58.9 Å². The van der Waals surface area contributed by atoms with Gasteiger partial charge >= 0.3 is 5.69 Å². The molecule has 0 saturated carbocycles. The number of benzene rings is 1. The molecule has 1 aromatic carbocycles.